The van der Waals surface area contributed by atoms with E-state index in [0.717, 1.165) is 41.2 Å². The summed E-state index contributed by atoms with van der Waals surface area (Å²) in [6.45, 7) is 5.46. The topological polar surface area (TPSA) is 104 Å². The molecular formula is C24H27N7O2. The van der Waals surface area contributed by atoms with Crippen molar-refractivity contribution < 1.29 is 9.53 Å². The number of nitrogens with zero attached hydrogens (tertiary/aromatic N) is 6. The fourth-order valence-electron chi connectivity index (χ4n) is 4.50. The third-order valence-electron chi connectivity index (χ3n) is 6.38. The average molecular weight is 446 g/mol. The van der Waals surface area contributed by atoms with Gasteiger partial charge in [-0.2, -0.15) is 4.98 Å². The summed E-state index contributed by atoms with van der Waals surface area (Å²) in [6, 6.07) is 7.72. The number of amides is 1. The first-order valence-electron chi connectivity index (χ1n) is 11.1. The molecule has 33 heavy (non-hydrogen) atoms. The molecule has 1 aliphatic heterocycles. The van der Waals surface area contributed by atoms with Gasteiger partial charge in [-0.15, -0.1) is 0 Å². The molecule has 0 bridgehead atoms. The Morgan fingerprint density at radius 3 is 2.73 bits per heavy atom. The third-order valence-corrected chi connectivity index (χ3v) is 6.38. The van der Waals surface area contributed by atoms with Gasteiger partial charge < -0.3 is 24.5 Å². The number of ether oxygens (including phenoxy) is 1. The minimum absolute atomic E-state index is 0.116. The predicted molar refractivity (Wildman–Crippen MR) is 127 cm³/mol. The summed E-state index contributed by atoms with van der Waals surface area (Å²) < 4.78 is 9.36. The van der Waals surface area contributed by atoms with Gasteiger partial charge in [-0.1, -0.05) is 6.92 Å². The number of carbonyl (C=O) groups excluding carboxylic acids is 1. The molecule has 170 valence electrons. The summed E-state index contributed by atoms with van der Waals surface area (Å²) in [5, 5.41) is 1.01. The van der Waals surface area contributed by atoms with Crippen molar-refractivity contribution in [3.05, 3.63) is 47.9 Å². The molecular weight excluding hydrogens is 418 g/mol. The minimum atomic E-state index is -0.116. The van der Waals surface area contributed by atoms with Gasteiger partial charge in [0.1, 0.15) is 11.2 Å². The molecule has 1 amide bonds. The van der Waals surface area contributed by atoms with Crippen LogP contribution in [-0.2, 0) is 13.6 Å². The number of hydrogen-bond donors (Lipinski definition) is 1. The van der Waals surface area contributed by atoms with Gasteiger partial charge in [-0.3, -0.25) is 4.79 Å². The molecule has 9 nitrogen and oxygen atoms in total. The SMILES string of the molecule is CC[C@@H]1CN(C(=O)c2cnc3c(c2)nc(-c2cc4ccc(OC)nc4n2CC)n3C)C=C1N. The highest BCUT2D eigenvalue weighted by Crippen LogP contribution is 2.30. The van der Waals surface area contributed by atoms with Gasteiger partial charge in [0, 0.05) is 55.6 Å². The molecule has 0 fully saturated rings. The van der Waals surface area contributed by atoms with E-state index in [2.05, 4.69) is 34.4 Å². The van der Waals surface area contributed by atoms with E-state index in [0.29, 0.717) is 29.2 Å². The van der Waals surface area contributed by atoms with Crippen molar-refractivity contribution in [2.24, 2.45) is 18.7 Å². The molecule has 0 spiro atoms. The van der Waals surface area contributed by atoms with E-state index in [-0.39, 0.29) is 11.8 Å². The highest BCUT2D eigenvalue weighted by molar-refractivity contribution is 5.97. The summed E-state index contributed by atoms with van der Waals surface area (Å²) in [6.07, 6.45) is 4.26. The van der Waals surface area contributed by atoms with Gasteiger partial charge in [0.15, 0.2) is 11.5 Å². The zero-order valence-electron chi connectivity index (χ0n) is 19.2. The zero-order chi connectivity index (χ0) is 23.3. The van der Waals surface area contributed by atoms with E-state index in [1.54, 1.807) is 30.5 Å². The molecule has 0 saturated carbocycles. The van der Waals surface area contributed by atoms with Crippen LogP contribution in [0.1, 0.15) is 30.6 Å². The van der Waals surface area contributed by atoms with Crippen LogP contribution in [-0.4, -0.2) is 48.5 Å². The maximum Gasteiger partial charge on any atom is 0.259 e. The van der Waals surface area contributed by atoms with E-state index in [9.17, 15) is 4.79 Å². The normalized spacial score (nSPS) is 16.1. The largest absolute Gasteiger partial charge is 0.481 e. The van der Waals surface area contributed by atoms with E-state index in [4.69, 9.17) is 15.5 Å². The molecule has 9 heteroatoms. The lowest BCUT2D eigenvalue weighted by Gasteiger charge is -2.15. The van der Waals surface area contributed by atoms with Gasteiger partial charge in [0.2, 0.25) is 5.88 Å². The molecule has 0 aliphatic carbocycles. The summed E-state index contributed by atoms with van der Waals surface area (Å²) >= 11 is 0. The van der Waals surface area contributed by atoms with Gasteiger partial charge in [0.05, 0.1) is 18.4 Å². The predicted octanol–water partition coefficient (Wildman–Crippen LogP) is 3.30. The summed E-state index contributed by atoms with van der Waals surface area (Å²) in [4.78, 5) is 28.8. The molecule has 5 heterocycles. The number of hydrogen-bond acceptors (Lipinski definition) is 6. The summed E-state index contributed by atoms with van der Waals surface area (Å²) in [5.41, 5.74) is 10.5. The van der Waals surface area contributed by atoms with Crippen molar-refractivity contribution >= 4 is 28.1 Å². The first-order valence-corrected chi connectivity index (χ1v) is 11.1. The summed E-state index contributed by atoms with van der Waals surface area (Å²) in [7, 11) is 3.54. The first-order chi connectivity index (χ1) is 15.9. The second-order valence-electron chi connectivity index (χ2n) is 8.29. The smallest absolute Gasteiger partial charge is 0.259 e. The Kier molecular flexibility index (Phi) is 5.03. The molecule has 0 radical (unpaired) electrons. The van der Waals surface area contributed by atoms with Crippen LogP contribution in [0, 0.1) is 5.92 Å². The number of pyridine rings is 2. The number of rotatable bonds is 5. The fourth-order valence-corrected chi connectivity index (χ4v) is 4.50. The molecule has 2 N–H and O–H groups in total. The van der Waals surface area contributed by atoms with E-state index < -0.39 is 0 Å². The van der Waals surface area contributed by atoms with Crippen molar-refractivity contribution in [2.45, 2.75) is 26.8 Å². The molecule has 0 unspecified atom stereocenters. The van der Waals surface area contributed by atoms with Crippen LogP contribution in [0.4, 0.5) is 0 Å². The Balaban J connectivity index is 1.56. The molecule has 4 aromatic heterocycles. The Morgan fingerprint density at radius 2 is 2.03 bits per heavy atom. The number of fused-ring (bicyclic) bond motifs is 2. The highest BCUT2D eigenvalue weighted by Gasteiger charge is 2.27. The quantitative estimate of drug-likeness (QED) is 0.505. The molecule has 0 saturated heterocycles. The first kappa shape index (κ1) is 21.0. The number of methoxy groups -OCH3 is 1. The second kappa shape index (κ2) is 7.91. The van der Waals surface area contributed by atoms with Gasteiger partial charge >= 0.3 is 0 Å². The van der Waals surface area contributed by atoms with E-state index in [1.165, 1.54) is 0 Å². The van der Waals surface area contributed by atoms with Crippen molar-refractivity contribution in [2.75, 3.05) is 13.7 Å². The van der Waals surface area contributed by atoms with Crippen molar-refractivity contribution in [3.63, 3.8) is 0 Å². The average Bonchev–Trinajstić information content (AvgIpc) is 3.49. The number of aryl methyl sites for hydroxylation is 2. The number of carbonyl (C=O) groups is 1. The van der Waals surface area contributed by atoms with Crippen LogP contribution in [0.25, 0.3) is 33.7 Å². The molecule has 4 aromatic rings. The number of nitrogens with two attached hydrogens (primary N) is 1. The molecule has 0 aromatic carbocycles. The monoisotopic (exact) mass is 445 g/mol. The van der Waals surface area contributed by atoms with E-state index in [1.807, 2.05) is 23.7 Å². The molecule has 1 aliphatic rings. The van der Waals surface area contributed by atoms with Crippen LogP contribution in [0.2, 0.25) is 0 Å². The van der Waals surface area contributed by atoms with Crippen molar-refractivity contribution in [1.29, 1.82) is 0 Å². The third kappa shape index (κ3) is 3.31. The Hall–Kier alpha value is -3.88. The Bertz CT molecular complexity index is 1420. The van der Waals surface area contributed by atoms with Crippen LogP contribution >= 0.6 is 0 Å². The Labute approximate surface area is 191 Å². The number of aromatic nitrogens is 5. The van der Waals surface area contributed by atoms with Crippen molar-refractivity contribution in [3.8, 4) is 17.4 Å². The van der Waals surface area contributed by atoms with Crippen LogP contribution < -0.4 is 10.5 Å². The van der Waals surface area contributed by atoms with E-state index >= 15 is 0 Å². The number of imidazole rings is 1. The van der Waals surface area contributed by atoms with Gasteiger partial charge in [0.25, 0.3) is 5.91 Å². The minimum Gasteiger partial charge on any atom is -0.481 e. The lowest BCUT2D eigenvalue weighted by Crippen LogP contribution is -2.26. The lowest BCUT2D eigenvalue weighted by atomic mass is 10.1. The van der Waals surface area contributed by atoms with Crippen LogP contribution in [0.3, 0.4) is 0 Å². The summed E-state index contributed by atoms with van der Waals surface area (Å²) in [5.74, 6) is 1.42. The van der Waals surface area contributed by atoms with Gasteiger partial charge in [-0.25, -0.2) is 9.97 Å². The van der Waals surface area contributed by atoms with Crippen molar-refractivity contribution in [1.82, 2.24) is 29.0 Å². The standard InChI is InChI=1S/C24H27N7O2/c1-5-14-12-30(13-17(14)25)24(32)16-9-18-22(26-11-16)29(3)23(27-18)19-10-15-7-8-20(33-4)28-21(15)31(19)6-2/h7-11,13-14H,5-6,12,25H2,1-4H3/t14-/m1/s1. The maximum absolute atomic E-state index is 13.1. The molecule has 5 rings (SSSR count). The van der Waals surface area contributed by atoms with Crippen LogP contribution in [0.15, 0.2) is 42.4 Å². The van der Waals surface area contributed by atoms with Gasteiger partial charge in [-0.05, 0) is 31.5 Å². The maximum atomic E-state index is 13.1. The highest BCUT2D eigenvalue weighted by atomic mass is 16.5. The fraction of sp³-hybridized carbons (Fsp3) is 0.333. The second-order valence-corrected chi connectivity index (χ2v) is 8.29. The Morgan fingerprint density at radius 1 is 1.21 bits per heavy atom. The van der Waals surface area contributed by atoms with Crippen LogP contribution in [0.5, 0.6) is 5.88 Å². The zero-order valence-corrected chi connectivity index (χ0v) is 19.2. The lowest BCUT2D eigenvalue weighted by molar-refractivity contribution is 0.0823. The molecule has 1 atom stereocenters.